The van der Waals surface area contributed by atoms with Crippen LogP contribution in [-0.2, 0) is 0 Å². The lowest BCUT2D eigenvalue weighted by Gasteiger charge is -2.22. The third kappa shape index (κ3) is 2.91. The molecule has 4 heteroatoms. The van der Waals surface area contributed by atoms with Gasteiger partial charge in [-0.25, -0.2) is 4.98 Å². The first kappa shape index (κ1) is 15.6. The molecule has 2 heterocycles. The molecule has 0 radical (unpaired) electrons. The number of hydrogen-bond acceptors (Lipinski definition) is 3. The number of fused-ring (bicyclic) bond motifs is 1. The van der Waals surface area contributed by atoms with Crippen molar-refractivity contribution in [2.24, 2.45) is 5.10 Å². The standard InChI is InChI=1S/C23H18N4/c1-3-9-16(10-4-1)21-15-18(22(27-26-21)17-11-5-2-6-12-17)23-24-19-13-7-8-14-20(19)25-23/h1-15,21,26H,(H,24,25). The van der Waals surface area contributed by atoms with E-state index >= 15 is 0 Å². The molecule has 0 aliphatic carbocycles. The molecule has 1 atom stereocenters. The van der Waals surface area contributed by atoms with Crippen molar-refractivity contribution in [2.75, 3.05) is 0 Å². The molecule has 0 saturated heterocycles. The fraction of sp³-hybridized carbons (Fsp3) is 0.0435. The summed E-state index contributed by atoms with van der Waals surface area (Å²) in [5.41, 5.74) is 9.39. The Balaban J connectivity index is 1.64. The zero-order valence-electron chi connectivity index (χ0n) is 14.6. The maximum atomic E-state index is 4.81. The summed E-state index contributed by atoms with van der Waals surface area (Å²) < 4.78 is 0. The van der Waals surface area contributed by atoms with Crippen LogP contribution in [0.15, 0.2) is 96.1 Å². The number of aromatic nitrogens is 2. The molecule has 3 aromatic carbocycles. The smallest absolute Gasteiger partial charge is 0.140 e. The van der Waals surface area contributed by atoms with Gasteiger partial charge in [0.25, 0.3) is 0 Å². The largest absolute Gasteiger partial charge is 0.338 e. The lowest BCUT2D eigenvalue weighted by atomic mass is 9.96. The van der Waals surface area contributed by atoms with Gasteiger partial charge in [-0.1, -0.05) is 72.8 Å². The minimum atomic E-state index is 0.00174. The zero-order valence-corrected chi connectivity index (χ0v) is 14.6. The van der Waals surface area contributed by atoms with E-state index in [2.05, 4.69) is 40.8 Å². The highest BCUT2D eigenvalue weighted by molar-refractivity contribution is 6.31. The van der Waals surface area contributed by atoms with E-state index in [1.165, 1.54) is 5.56 Å². The SMILES string of the molecule is C1=C(c2nc3ccccc3[nH]2)C(c2ccccc2)=NNC1c1ccccc1. The minimum absolute atomic E-state index is 0.00174. The second-order valence-corrected chi connectivity index (χ2v) is 6.53. The van der Waals surface area contributed by atoms with Crippen LogP contribution in [0.1, 0.15) is 23.0 Å². The lowest BCUT2D eigenvalue weighted by Crippen LogP contribution is -2.23. The summed E-state index contributed by atoms with van der Waals surface area (Å²) in [6.45, 7) is 0. The molecule has 1 aliphatic rings. The Morgan fingerprint density at radius 2 is 1.44 bits per heavy atom. The second-order valence-electron chi connectivity index (χ2n) is 6.53. The normalized spacial score (nSPS) is 16.5. The van der Waals surface area contributed by atoms with E-state index in [1.54, 1.807) is 0 Å². The van der Waals surface area contributed by atoms with E-state index in [0.717, 1.165) is 33.7 Å². The van der Waals surface area contributed by atoms with Gasteiger partial charge >= 0.3 is 0 Å². The van der Waals surface area contributed by atoms with Gasteiger partial charge in [-0.15, -0.1) is 0 Å². The van der Waals surface area contributed by atoms with E-state index < -0.39 is 0 Å². The third-order valence-corrected chi connectivity index (χ3v) is 4.75. The average molecular weight is 350 g/mol. The number of rotatable bonds is 3. The first-order valence-electron chi connectivity index (χ1n) is 8.99. The fourth-order valence-corrected chi connectivity index (χ4v) is 3.40. The van der Waals surface area contributed by atoms with E-state index in [1.807, 2.05) is 60.7 Å². The van der Waals surface area contributed by atoms with Crippen molar-refractivity contribution < 1.29 is 0 Å². The first-order valence-corrected chi connectivity index (χ1v) is 8.99. The van der Waals surface area contributed by atoms with Crippen LogP contribution in [0, 0.1) is 0 Å². The van der Waals surface area contributed by atoms with E-state index in [0.29, 0.717) is 0 Å². The molecule has 4 nitrogen and oxygen atoms in total. The van der Waals surface area contributed by atoms with Gasteiger partial charge in [0.1, 0.15) is 11.5 Å². The summed E-state index contributed by atoms with van der Waals surface area (Å²) in [7, 11) is 0. The molecule has 4 aromatic rings. The maximum Gasteiger partial charge on any atom is 0.140 e. The summed E-state index contributed by atoms with van der Waals surface area (Å²) >= 11 is 0. The van der Waals surface area contributed by atoms with Gasteiger partial charge in [0.15, 0.2) is 0 Å². The molecule has 2 N–H and O–H groups in total. The summed E-state index contributed by atoms with van der Waals surface area (Å²) in [6, 6.07) is 28.6. The van der Waals surface area contributed by atoms with Crippen LogP contribution in [-0.4, -0.2) is 15.7 Å². The number of H-pyrrole nitrogens is 1. The van der Waals surface area contributed by atoms with Gasteiger partial charge in [-0.3, -0.25) is 5.43 Å². The van der Waals surface area contributed by atoms with Crippen molar-refractivity contribution in [2.45, 2.75) is 6.04 Å². The van der Waals surface area contributed by atoms with Crippen LogP contribution in [0.5, 0.6) is 0 Å². The van der Waals surface area contributed by atoms with Crippen molar-refractivity contribution in [3.8, 4) is 0 Å². The van der Waals surface area contributed by atoms with Crippen LogP contribution in [0.25, 0.3) is 16.6 Å². The predicted octanol–water partition coefficient (Wildman–Crippen LogP) is 4.70. The summed E-state index contributed by atoms with van der Waals surface area (Å²) in [6.07, 6.45) is 2.20. The number of benzene rings is 3. The first-order chi connectivity index (χ1) is 13.4. The molecule has 1 aliphatic heterocycles. The molecule has 0 amide bonds. The molecule has 0 spiro atoms. The van der Waals surface area contributed by atoms with E-state index in [9.17, 15) is 0 Å². The van der Waals surface area contributed by atoms with Gasteiger partial charge in [-0.05, 0) is 23.8 Å². The summed E-state index contributed by atoms with van der Waals surface area (Å²) in [5.74, 6) is 0.834. The number of nitrogens with one attached hydrogen (secondary N) is 2. The molecule has 1 unspecified atom stereocenters. The molecule has 130 valence electrons. The molecular weight excluding hydrogens is 332 g/mol. The molecule has 1 aromatic heterocycles. The summed E-state index contributed by atoms with van der Waals surface area (Å²) in [5, 5.41) is 4.72. The maximum absolute atomic E-state index is 4.81. The fourth-order valence-electron chi connectivity index (χ4n) is 3.40. The Kier molecular flexibility index (Phi) is 3.79. The molecule has 27 heavy (non-hydrogen) atoms. The number of allylic oxidation sites excluding steroid dienone is 1. The molecule has 5 rings (SSSR count). The third-order valence-electron chi connectivity index (χ3n) is 4.75. The highest BCUT2D eigenvalue weighted by Gasteiger charge is 2.23. The van der Waals surface area contributed by atoms with Gasteiger partial charge in [0.2, 0.25) is 0 Å². The zero-order chi connectivity index (χ0) is 18.1. The highest BCUT2D eigenvalue weighted by atomic mass is 15.3. The van der Waals surface area contributed by atoms with Gasteiger partial charge in [0.05, 0.1) is 17.1 Å². The Bertz CT molecular complexity index is 1110. The highest BCUT2D eigenvalue weighted by Crippen LogP contribution is 2.28. The monoisotopic (exact) mass is 350 g/mol. The van der Waals surface area contributed by atoms with Crippen LogP contribution in [0.3, 0.4) is 0 Å². The Morgan fingerprint density at radius 1 is 0.741 bits per heavy atom. The second kappa shape index (κ2) is 6.57. The van der Waals surface area contributed by atoms with Crippen LogP contribution in [0.2, 0.25) is 0 Å². The molecule has 0 saturated carbocycles. The molecular formula is C23H18N4. The summed E-state index contributed by atoms with van der Waals surface area (Å²) in [4.78, 5) is 8.26. The quantitative estimate of drug-likeness (QED) is 0.563. The van der Waals surface area contributed by atoms with Crippen molar-refractivity contribution in [3.63, 3.8) is 0 Å². The average Bonchev–Trinajstić information content (AvgIpc) is 3.19. The van der Waals surface area contributed by atoms with Crippen LogP contribution in [0.4, 0.5) is 0 Å². The number of hydrogen-bond donors (Lipinski definition) is 2. The molecule has 0 bridgehead atoms. The lowest BCUT2D eigenvalue weighted by molar-refractivity contribution is 0.653. The Morgan fingerprint density at radius 3 is 2.22 bits per heavy atom. The number of para-hydroxylation sites is 2. The van der Waals surface area contributed by atoms with Crippen molar-refractivity contribution in [3.05, 3.63) is 108 Å². The number of aromatic amines is 1. The number of hydrazone groups is 1. The van der Waals surface area contributed by atoms with Crippen LogP contribution < -0.4 is 5.43 Å². The van der Waals surface area contributed by atoms with Crippen molar-refractivity contribution in [1.82, 2.24) is 15.4 Å². The van der Waals surface area contributed by atoms with Gasteiger partial charge in [0, 0.05) is 11.1 Å². The molecule has 0 fully saturated rings. The number of nitrogens with zero attached hydrogens (tertiary/aromatic N) is 2. The Hall–Kier alpha value is -3.66. The predicted molar refractivity (Wildman–Crippen MR) is 109 cm³/mol. The van der Waals surface area contributed by atoms with Crippen molar-refractivity contribution in [1.29, 1.82) is 0 Å². The van der Waals surface area contributed by atoms with Gasteiger partial charge in [-0.2, -0.15) is 5.10 Å². The van der Waals surface area contributed by atoms with E-state index in [-0.39, 0.29) is 6.04 Å². The Labute approximate surface area is 157 Å². The minimum Gasteiger partial charge on any atom is -0.338 e. The number of imidazole rings is 1. The van der Waals surface area contributed by atoms with E-state index in [4.69, 9.17) is 10.1 Å². The van der Waals surface area contributed by atoms with Gasteiger partial charge < -0.3 is 4.98 Å². The van der Waals surface area contributed by atoms with Crippen LogP contribution >= 0.6 is 0 Å². The van der Waals surface area contributed by atoms with Crippen molar-refractivity contribution >= 4 is 22.3 Å². The topological polar surface area (TPSA) is 53.1 Å².